The first-order chi connectivity index (χ1) is 6.26. The molecule has 0 saturated carbocycles. The van der Waals surface area contributed by atoms with Crippen LogP contribution in [0.1, 0.15) is 12.5 Å². The summed E-state index contributed by atoms with van der Waals surface area (Å²) in [6, 6.07) is 8.15. The normalized spacial score (nSPS) is 19.2. The number of hydrogen-bond donors (Lipinski definition) is 0. The minimum Gasteiger partial charge on any atom is -0.496 e. The lowest BCUT2D eigenvalue weighted by atomic mass is 9.80. The molecule has 1 aliphatic rings. The number of rotatable bonds is 2. The summed E-state index contributed by atoms with van der Waals surface area (Å²) in [5, 5.41) is 0. The van der Waals surface area contributed by atoms with Crippen LogP contribution < -0.4 is 4.74 Å². The minimum atomic E-state index is 0.159. The molecule has 1 aromatic rings. The van der Waals surface area contributed by atoms with E-state index in [1.165, 1.54) is 5.56 Å². The largest absolute Gasteiger partial charge is 0.496 e. The van der Waals surface area contributed by atoms with Gasteiger partial charge in [0.1, 0.15) is 5.75 Å². The minimum absolute atomic E-state index is 0.159. The van der Waals surface area contributed by atoms with Crippen molar-refractivity contribution in [2.75, 3.05) is 20.3 Å². The fraction of sp³-hybridized carbons (Fsp3) is 0.455. The molecule has 0 aromatic heterocycles. The van der Waals surface area contributed by atoms with Gasteiger partial charge in [0.2, 0.25) is 0 Å². The van der Waals surface area contributed by atoms with Crippen molar-refractivity contribution in [1.29, 1.82) is 0 Å². The smallest absolute Gasteiger partial charge is 0.122 e. The monoisotopic (exact) mass is 178 g/mol. The molecule has 0 bridgehead atoms. The fourth-order valence-corrected chi connectivity index (χ4v) is 1.71. The van der Waals surface area contributed by atoms with Gasteiger partial charge in [-0.3, -0.25) is 0 Å². The lowest BCUT2D eigenvalue weighted by Crippen LogP contribution is -2.44. The highest BCUT2D eigenvalue weighted by Gasteiger charge is 2.37. The van der Waals surface area contributed by atoms with Gasteiger partial charge in [0.05, 0.1) is 20.3 Å². The van der Waals surface area contributed by atoms with E-state index in [-0.39, 0.29) is 5.41 Å². The average molecular weight is 178 g/mol. The van der Waals surface area contributed by atoms with Gasteiger partial charge in [-0.05, 0) is 6.07 Å². The van der Waals surface area contributed by atoms with Crippen LogP contribution in [0.5, 0.6) is 5.75 Å². The summed E-state index contributed by atoms with van der Waals surface area (Å²) >= 11 is 0. The van der Waals surface area contributed by atoms with E-state index in [0.717, 1.165) is 19.0 Å². The van der Waals surface area contributed by atoms with E-state index in [1.807, 2.05) is 18.2 Å². The predicted molar refractivity (Wildman–Crippen MR) is 51.2 cm³/mol. The molecule has 0 atom stereocenters. The predicted octanol–water partition coefficient (Wildman–Crippen LogP) is 1.98. The summed E-state index contributed by atoms with van der Waals surface area (Å²) in [7, 11) is 1.71. The molecule has 1 heterocycles. The number of ether oxygens (including phenoxy) is 2. The van der Waals surface area contributed by atoms with Gasteiger partial charge in [0.15, 0.2) is 0 Å². The molecule has 1 fully saturated rings. The first-order valence-corrected chi connectivity index (χ1v) is 4.47. The van der Waals surface area contributed by atoms with E-state index in [1.54, 1.807) is 7.11 Å². The molecule has 0 amide bonds. The molecule has 1 aliphatic heterocycles. The van der Waals surface area contributed by atoms with Gasteiger partial charge in [-0.2, -0.15) is 0 Å². The van der Waals surface area contributed by atoms with Crippen molar-refractivity contribution in [2.24, 2.45) is 0 Å². The first-order valence-electron chi connectivity index (χ1n) is 4.47. The zero-order chi connectivity index (χ0) is 9.31. The molecule has 0 unspecified atom stereocenters. The Morgan fingerprint density at radius 1 is 1.31 bits per heavy atom. The number of hydrogen-bond acceptors (Lipinski definition) is 2. The van der Waals surface area contributed by atoms with Crippen LogP contribution in [0.3, 0.4) is 0 Å². The van der Waals surface area contributed by atoms with Crippen LogP contribution in [0.15, 0.2) is 24.3 Å². The van der Waals surface area contributed by atoms with E-state index in [9.17, 15) is 0 Å². The van der Waals surface area contributed by atoms with E-state index >= 15 is 0 Å². The Morgan fingerprint density at radius 2 is 2.00 bits per heavy atom. The van der Waals surface area contributed by atoms with Crippen molar-refractivity contribution >= 4 is 0 Å². The summed E-state index contributed by atoms with van der Waals surface area (Å²) in [6.07, 6.45) is 0. The average Bonchev–Trinajstić information content (AvgIpc) is 2.14. The molecule has 2 rings (SSSR count). The summed E-state index contributed by atoms with van der Waals surface area (Å²) < 4.78 is 10.5. The third kappa shape index (κ3) is 1.31. The highest BCUT2D eigenvalue weighted by Crippen LogP contribution is 2.36. The Balaban J connectivity index is 2.38. The zero-order valence-corrected chi connectivity index (χ0v) is 8.04. The van der Waals surface area contributed by atoms with Crippen molar-refractivity contribution in [3.8, 4) is 5.75 Å². The van der Waals surface area contributed by atoms with Gasteiger partial charge < -0.3 is 9.47 Å². The highest BCUT2D eigenvalue weighted by atomic mass is 16.5. The lowest BCUT2D eigenvalue weighted by Gasteiger charge is -2.39. The maximum Gasteiger partial charge on any atom is 0.122 e. The molecule has 0 spiro atoms. The summed E-state index contributed by atoms with van der Waals surface area (Å²) in [6.45, 7) is 3.80. The summed E-state index contributed by atoms with van der Waals surface area (Å²) in [5.74, 6) is 0.966. The molecule has 2 heteroatoms. The molecule has 0 aliphatic carbocycles. The second-order valence-electron chi connectivity index (χ2n) is 3.75. The van der Waals surface area contributed by atoms with Crippen LogP contribution in [0, 0.1) is 0 Å². The van der Waals surface area contributed by atoms with Gasteiger partial charge >= 0.3 is 0 Å². The molecule has 1 aromatic carbocycles. The maximum atomic E-state index is 5.31. The third-order valence-electron chi connectivity index (χ3n) is 2.60. The van der Waals surface area contributed by atoms with Crippen LogP contribution in [0.25, 0.3) is 0 Å². The Labute approximate surface area is 78.5 Å². The number of benzene rings is 1. The molecule has 2 nitrogen and oxygen atoms in total. The topological polar surface area (TPSA) is 18.5 Å². The number of para-hydroxylation sites is 1. The lowest BCUT2D eigenvalue weighted by molar-refractivity contribution is -0.0509. The molecule has 70 valence electrons. The van der Waals surface area contributed by atoms with E-state index in [2.05, 4.69) is 13.0 Å². The van der Waals surface area contributed by atoms with Crippen LogP contribution >= 0.6 is 0 Å². The van der Waals surface area contributed by atoms with Gasteiger partial charge in [-0.25, -0.2) is 0 Å². The summed E-state index contributed by atoms with van der Waals surface area (Å²) in [4.78, 5) is 0. The van der Waals surface area contributed by atoms with Crippen molar-refractivity contribution in [3.63, 3.8) is 0 Å². The second-order valence-corrected chi connectivity index (χ2v) is 3.75. The standard InChI is InChI=1S/C11H14O2/c1-11(7-13-8-11)9-5-3-4-6-10(9)12-2/h3-6H,7-8H2,1-2H3. The van der Waals surface area contributed by atoms with Crippen molar-refractivity contribution < 1.29 is 9.47 Å². The van der Waals surface area contributed by atoms with Gasteiger partial charge in [0.25, 0.3) is 0 Å². The van der Waals surface area contributed by atoms with Gasteiger partial charge in [-0.1, -0.05) is 25.1 Å². The van der Waals surface area contributed by atoms with Crippen LogP contribution in [0.2, 0.25) is 0 Å². The first kappa shape index (κ1) is 8.57. The van der Waals surface area contributed by atoms with Crippen molar-refractivity contribution in [2.45, 2.75) is 12.3 Å². The Bertz CT molecular complexity index is 303. The van der Waals surface area contributed by atoms with Crippen molar-refractivity contribution in [3.05, 3.63) is 29.8 Å². The van der Waals surface area contributed by atoms with Crippen molar-refractivity contribution in [1.82, 2.24) is 0 Å². The highest BCUT2D eigenvalue weighted by molar-refractivity contribution is 5.40. The molecule has 0 radical (unpaired) electrons. The molecular weight excluding hydrogens is 164 g/mol. The molecule has 0 N–H and O–H groups in total. The van der Waals surface area contributed by atoms with Crippen LogP contribution in [0.4, 0.5) is 0 Å². The molecule has 1 saturated heterocycles. The zero-order valence-electron chi connectivity index (χ0n) is 8.04. The Kier molecular flexibility index (Phi) is 2.00. The van der Waals surface area contributed by atoms with Crippen LogP contribution in [-0.2, 0) is 10.2 Å². The molecule has 13 heavy (non-hydrogen) atoms. The second kappa shape index (κ2) is 3.04. The third-order valence-corrected chi connectivity index (χ3v) is 2.60. The van der Waals surface area contributed by atoms with E-state index in [4.69, 9.17) is 9.47 Å². The summed E-state index contributed by atoms with van der Waals surface area (Å²) in [5.41, 5.74) is 1.41. The Hall–Kier alpha value is -1.02. The number of methoxy groups -OCH3 is 1. The van der Waals surface area contributed by atoms with Gasteiger partial charge in [0, 0.05) is 11.0 Å². The quantitative estimate of drug-likeness (QED) is 0.689. The van der Waals surface area contributed by atoms with E-state index in [0.29, 0.717) is 0 Å². The van der Waals surface area contributed by atoms with Crippen LogP contribution in [-0.4, -0.2) is 20.3 Å². The Morgan fingerprint density at radius 3 is 2.54 bits per heavy atom. The SMILES string of the molecule is COc1ccccc1C1(C)COC1. The van der Waals surface area contributed by atoms with E-state index < -0.39 is 0 Å². The maximum absolute atomic E-state index is 5.31. The molecular formula is C11H14O2. The fourth-order valence-electron chi connectivity index (χ4n) is 1.71. The van der Waals surface area contributed by atoms with Gasteiger partial charge in [-0.15, -0.1) is 0 Å².